The molecule has 2 rings (SSSR count). The zero-order chi connectivity index (χ0) is 15.1. The Morgan fingerprint density at radius 3 is 2.43 bits per heavy atom. The molecule has 0 amide bonds. The first-order chi connectivity index (χ1) is 10.1. The molecule has 6 heteroatoms. The Labute approximate surface area is 130 Å². The van der Waals surface area contributed by atoms with E-state index >= 15 is 0 Å². The van der Waals surface area contributed by atoms with Gasteiger partial charge in [-0.1, -0.05) is 36.4 Å². The zero-order valence-electron chi connectivity index (χ0n) is 11.8. The van der Waals surface area contributed by atoms with Crippen molar-refractivity contribution < 1.29 is 8.42 Å². The monoisotopic (exact) mass is 322 g/mol. The summed E-state index contributed by atoms with van der Waals surface area (Å²) in [6, 6.07) is 15.3. The summed E-state index contributed by atoms with van der Waals surface area (Å²) in [5.41, 5.74) is 0.991. The number of nitrogens with zero attached hydrogens (tertiary/aromatic N) is 2. The number of benzene rings is 1. The van der Waals surface area contributed by atoms with Crippen LogP contribution in [0.4, 0.5) is 0 Å². The molecule has 0 aliphatic heterocycles. The Kier molecular flexibility index (Phi) is 5.78. The van der Waals surface area contributed by atoms with E-state index in [1.807, 2.05) is 48.5 Å². The van der Waals surface area contributed by atoms with Gasteiger partial charge in [0.15, 0.2) is 0 Å². The lowest BCUT2D eigenvalue weighted by molar-refractivity contribution is 0.430. The molecule has 21 heavy (non-hydrogen) atoms. The standard InChI is InChI=1S/C15H18N2O2S2/c1-21(18,19)17(13-14-7-3-2-4-8-14)11-12-20-15-9-5-6-10-16-15/h2-10H,11-13H2,1H3. The molecule has 0 bridgehead atoms. The van der Waals surface area contributed by atoms with Crippen LogP contribution in [0.5, 0.6) is 0 Å². The topological polar surface area (TPSA) is 50.3 Å². The van der Waals surface area contributed by atoms with Crippen molar-refractivity contribution in [3.8, 4) is 0 Å². The van der Waals surface area contributed by atoms with E-state index in [0.717, 1.165) is 10.6 Å². The predicted molar refractivity (Wildman–Crippen MR) is 86.7 cm³/mol. The summed E-state index contributed by atoms with van der Waals surface area (Å²) in [4.78, 5) is 4.22. The van der Waals surface area contributed by atoms with E-state index in [-0.39, 0.29) is 0 Å². The number of sulfonamides is 1. The van der Waals surface area contributed by atoms with Crippen molar-refractivity contribution in [3.63, 3.8) is 0 Å². The second kappa shape index (κ2) is 7.59. The molecule has 4 nitrogen and oxygen atoms in total. The number of thioether (sulfide) groups is 1. The smallest absolute Gasteiger partial charge is 0.211 e. The van der Waals surface area contributed by atoms with E-state index in [0.29, 0.717) is 18.8 Å². The molecule has 1 aromatic heterocycles. The van der Waals surface area contributed by atoms with Gasteiger partial charge in [-0.25, -0.2) is 13.4 Å². The molecule has 0 fully saturated rings. The molecule has 0 unspecified atom stereocenters. The quantitative estimate of drug-likeness (QED) is 0.735. The Balaban J connectivity index is 1.95. The fraction of sp³-hybridized carbons (Fsp3) is 0.267. The molecule has 0 radical (unpaired) electrons. The van der Waals surface area contributed by atoms with E-state index in [4.69, 9.17) is 0 Å². The van der Waals surface area contributed by atoms with Crippen molar-refractivity contribution in [2.75, 3.05) is 18.6 Å². The van der Waals surface area contributed by atoms with Gasteiger partial charge in [0, 0.05) is 25.0 Å². The Morgan fingerprint density at radius 2 is 1.81 bits per heavy atom. The summed E-state index contributed by atoms with van der Waals surface area (Å²) in [5.74, 6) is 0.677. The number of pyridine rings is 1. The van der Waals surface area contributed by atoms with Crippen LogP contribution in [0.1, 0.15) is 5.56 Å². The van der Waals surface area contributed by atoms with Crippen molar-refractivity contribution in [1.82, 2.24) is 9.29 Å². The van der Waals surface area contributed by atoms with E-state index in [9.17, 15) is 8.42 Å². The van der Waals surface area contributed by atoms with Crippen molar-refractivity contribution in [1.29, 1.82) is 0 Å². The molecule has 1 heterocycles. The van der Waals surface area contributed by atoms with Crippen LogP contribution in [0.3, 0.4) is 0 Å². The van der Waals surface area contributed by atoms with Gasteiger partial charge >= 0.3 is 0 Å². The molecule has 0 aliphatic rings. The van der Waals surface area contributed by atoms with Gasteiger partial charge in [-0.2, -0.15) is 4.31 Å². The highest BCUT2D eigenvalue weighted by molar-refractivity contribution is 7.99. The van der Waals surface area contributed by atoms with Gasteiger partial charge in [-0.05, 0) is 17.7 Å². The Bertz CT molecular complexity index is 646. The van der Waals surface area contributed by atoms with Crippen LogP contribution in [0, 0.1) is 0 Å². The molecule has 2 aromatic rings. The van der Waals surface area contributed by atoms with E-state index in [1.165, 1.54) is 10.6 Å². The first-order valence-electron chi connectivity index (χ1n) is 6.58. The van der Waals surface area contributed by atoms with Crippen LogP contribution in [0.2, 0.25) is 0 Å². The van der Waals surface area contributed by atoms with Gasteiger partial charge in [0.1, 0.15) is 0 Å². The lowest BCUT2D eigenvalue weighted by atomic mass is 10.2. The van der Waals surface area contributed by atoms with Crippen molar-refractivity contribution in [2.24, 2.45) is 0 Å². The van der Waals surface area contributed by atoms with Gasteiger partial charge in [0.25, 0.3) is 0 Å². The normalized spacial score (nSPS) is 11.7. The van der Waals surface area contributed by atoms with E-state index in [2.05, 4.69) is 4.98 Å². The van der Waals surface area contributed by atoms with Crippen molar-refractivity contribution in [3.05, 3.63) is 60.3 Å². The maximum atomic E-state index is 11.9. The predicted octanol–water partition coefficient (Wildman–Crippen LogP) is 2.64. The highest BCUT2D eigenvalue weighted by Crippen LogP contribution is 2.16. The molecule has 0 saturated heterocycles. The molecule has 1 aromatic carbocycles. The molecule has 0 spiro atoms. The second-order valence-corrected chi connectivity index (χ2v) is 7.70. The average molecular weight is 322 g/mol. The third-order valence-electron chi connectivity index (χ3n) is 2.90. The summed E-state index contributed by atoms with van der Waals surface area (Å²) in [6.07, 6.45) is 2.99. The van der Waals surface area contributed by atoms with Crippen LogP contribution in [0.15, 0.2) is 59.8 Å². The third-order valence-corrected chi connectivity index (χ3v) is 5.07. The van der Waals surface area contributed by atoms with Gasteiger partial charge in [-0.3, -0.25) is 0 Å². The molecule has 0 aliphatic carbocycles. The first kappa shape index (κ1) is 16.0. The van der Waals surface area contributed by atoms with Gasteiger partial charge in [-0.15, -0.1) is 11.8 Å². The molecule has 0 atom stereocenters. The highest BCUT2D eigenvalue weighted by atomic mass is 32.2. The summed E-state index contributed by atoms with van der Waals surface area (Å²) >= 11 is 1.56. The molecular formula is C15H18N2O2S2. The lowest BCUT2D eigenvalue weighted by Crippen LogP contribution is -2.31. The maximum Gasteiger partial charge on any atom is 0.211 e. The SMILES string of the molecule is CS(=O)(=O)N(CCSc1ccccn1)Cc1ccccc1. The minimum atomic E-state index is -3.22. The van der Waals surface area contributed by atoms with Crippen LogP contribution >= 0.6 is 11.8 Å². The lowest BCUT2D eigenvalue weighted by Gasteiger charge is -2.19. The largest absolute Gasteiger partial charge is 0.250 e. The zero-order valence-corrected chi connectivity index (χ0v) is 13.5. The highest BCUT2D eigenvalue weighted by Gasteiger charge is 2.16. The maximum absolute atomic E-state index is 11.9. The number of hydrogen-bond donors (Lipinski definition) is 0. The fourth-order valence-electron chi connectivity index (χ4n) is 1.83. The fourth-order valence-corrected chi connectivity index (χ4v) is 3.59. The van der Waals surface area contributed by atoms with Crippen molar-refractivity contribution in [2.45, 2.75) is 11.6 Å². The summed E-state index contributed by atoms with van der Waals surface area (Å²) < 4.78 is 25.3. The van der Waals surface area contributed by atoms with Crippen LogP contribution in [-0.2, 0) is 16.6 Å². The molecule has 0 N–H and O–H groups in total. The van der Waals surface area contributed by atoms with Crippen LogP contribution < -0.4 is 0 Å². The van der Waals surface area contributed by atoms with Crippen LogP contribution in [0.25, 0.3) is 0 Å². The third kappa shape index (κ3) is 5.49. The number of rotatable bonds is 7. The van der Waals surface area contributed by atoms with Gasteiger partial charge < -0.3 is 0 Å². The van der Waals surface area contributed by atoms with Crippen LogP contribution in [-0.4, -0.2) is 36.3 Å². The van der Waals surface area contributed by atoms with E-state index in [1.54, 1.807) is 18.0 Å². The minimum absolute atomic E-state index is 0.405. The molecular weight excluding hydrogens is 304 g/mol. The summed E-state index contributed by atoms with van der Waals surface area (Å²) in [6.45, 7) is 0.872. The minimum Gasteiger partial charge on any atom is -0.250 e. The molecule has 112 valence electrons. The summed E-state index contributed by atoms with van der Waals surface area (Å²) in [7, 11) is -3.22. The summed E-state index contributed by atoms with van der Waals surface area (Å²) in [5, 5.41) is 0.908. The Morgan fingerprint density at radius 1 is 1.10 bits per heavy atom. The van der Waals surface area contributed by atoms with E-state index < -0.39 is 10.0 Å². The second-order valence-electron chi connectivity index (χ2n) is 4.60. The number of hydrogen-bond acceptors (Lipinski definition) is 4. The first-order valence-corrected chi connectivity index (χ1v) is 9.42. The van der Waals surface area contributed by atoms with Crippen molar-refractivity contribution >= 4 is 21.8 Å². The number of aromatic nitrogens is 1. The van der Waals surface area contributed by atoms with Gasteiger partial charge in [0.05, 0.1) is 11.3 Å². The average Bonchev–Trinajstić information content (AvgIpc) is 2.47. The Hall–Kier alpha value is -1.37. The van der Waals surface area contributed by atoms with Gasteiger partial charge in [0.2, 0.25) is 10.0 Å². The molecule has 0 saturated carbocycles.